The fraction of sp³-hybridized carbons (Fsp3) is 0.500. The van der Waals surface area contributed by atoms with E-state index < -0.39 is 5.82 Å². The molecule has 1 unspecified atom stereocenters. The fourth-order valence-electron chi connectivity index (χ4n) is 3.23. The van der Waals surface area contributed by atoms with Crippen molar-refractivity contribution in [2.45, 2.75) is 31.3 Å². The molecule has 1 N–H and O–H groups in total. The van der Waals surface area contributed by atoms with Gasteiger partial charge in [-0.2, -0.15) is 0 Å². The van der Waals surface area contributed by atoms with Gasteiger partial charge in [0.25, 0.3) is 0 Å². The monoisotopic (exact) mass is 311 g/mol. The SMILES string of the molecule is Fc1cc2[nH]c(=S)n(C3CCN(C4CC4)C3)c2cc1Cl. The third kappa shape index (κ3) is 2.00. The Morgan fingerprint density at radius 3 is 2.80 bits per heavy atom. The molecule has 2 heterocycles. The van der Waals surface area contributed by atoms with Crippen LogP contribution in [-0.2, 0) is 0 Å². The topological polar surface area (TPSA) is 24.0 Å². The molecule has 1 aromatic heterocycles. The Labute approximate surface area is 126 Å². The van der Waals surface area contributed by atoms with Crippen LogP contribution in [0.3, 0.4) is 0 Å². The largest absolute Gasteiger partial charge is 0.330 e. The molecule has 3 nitrogen and oxygen atoms in total. The Morgan fingerprint density at radius 1 is 1.25 bits per heavy atom. The van der Waals surface area contributed by atoms with E-state index in [0.717, 1.165) is 36.6 Å². The van der Waals surface area contributed by atoms with Crippen molar-refractivity contribution < 1.29 is 4.39 Å². The Hall–Kier alpha value is -0.910. The van der Waals surface area contributed by atoms with E-state index in [1.165, 1.54) is 18.9 Å². The zero-order valence-electron chi connectivity index (χ0n) is 10.9. The van der Waals surface area contributed by atoms with E-state index in [1.54, 1.807) is 6.07 Å². The van der Waals surface area contributed by atoms with Crippen LogP contribution in [0.2, 0.25) is 5.02 Å². The van der Waals surface area contributed by atoms with Crippen LogP contribution in [0.1, 0.15) is 25.3 Å². The average Bonchev–Trinajstić information content (AvgIpc) is 3.06. The lowest BCUT2D eigenvalue weighted by Gasteiger charge is -2.16. The molecule has 0 amide bonds. The van der Waals surface area contributed by atoms with E-state index in [4.69, 9.17) is 23.8 Å². The van der Waals surface area contributed by atoms with Gasteiger partial charge >= 0.3 is 0 Å². The molecule has 2 aromatic rings. The molecule has 2 aliphatic rings. The van der Waals surface area contributed by atoms with E-state index in [9.17, 15) is 4.39 Å². The first-order valence-electron chi connectivity index (χ1n) is 6.97. The van der Waals surface area contributed by atoms with E-state index in [1.807, 2.05) is 0 Å². The highest BCUT2D eigenvalue weighted by Crippen LogP contribution is 2.35. The van der Waals surface area contributed by atoms with E-state index in [-0.39, 0.29) is 5.02 Å². The summed E-state index contributed by atoms with van der Waals surface area (Å²) >= 11 is 11.3. The van der Waals surface area contributed by atoms with Gasteiger partial charge in [0, 0.05) is 25.2 Å². The van der Waals surface area contributed by atoms with Crippen molar-refractivity contribution in [1.29, 1.82) is 0 Å². The Balaban J connectivity index is 1.77. The Bertz CT molecular complexity index is 734. The number of rotatable bonds is 2. The number of aromatic nitrogens is 2. The maximum absolute atomic E-state index is 13.5. The number of aromatic amines is 1. The van der Waals surface area contributed by atoms with Crippen molar-refractivity contribution in [2.24, 2.45) is 0 Å². The van der Waals surface area contributed by atoms with Crippen LogP contribution in [0.15, 0.2) is 12.1 Å². The van der Waals surface area contributed by atoms with Crippen LogP contribution < -0.4 is 0 Å². The molecule has 106 valence electrons. The van der Waals surface area contributed by atoms with Gasteiger partial charge < -0.3 is 9.55 Å². The molecule has 0 radical (unpaired) electrons. The number of benzene rings is 1. The molecule has 6 heteroatoms. The smallest absolute Gasteiger partial charge is 0.178 e. The molecule has 2 fully saturated rings. The molecule has 4 rings (SSSR count). The lowest BCUT2D eigenvalue weighted by atomic mass is 10.2. The molecule has 1 saturated carbocycles. The normalized spacial score (nSPS) is 23.8. The van der Waals surface area contributed by atoms with Crippen molar-refractivity contribution in [2.75, 3.05) is 13.1 Å². The number of halogens is 2. The van der Waals surface area contributed by atoms with Crippen molar-refractivity contribution in [1.82, 2.24) is 14.5 Å². The third-order valence-electron chi connectivity index (χ3n) is 4.38. The minimum atomic E-state index is -0.409. The third-order valence-corrected chi connectivity index (χ3v) is 4.97. The predicted molar refractivity (Wildman–Crippen MR) is 80.3 cm³/mol. The minimum Gasteiger partial charge on any atom is -0.330 e. The number of fused-ring (bicyclic) bond motifs is 1. The number of likely N-dealkylation sites (tertiary alicyclic amines) is 1. The number of hydrogen-bond donors (Lipinski definition) is 1. The molecular formula is C14H15ClFN3S. The highest BCUT2D eigenvalue weighted by molar-refractivity contribution is 7.71. The minimum absolute atomic E-state index is 0.150. The van der Waals surface area contributed by atoms with Crippen molar-refractivity contribution in [3.8, 4) is 0 Å². The molecule has 1 atom stereocenters. The van der Waals surface area contributed by atoms with Crippen LogP contribution in [0, 0.1) is 10.6 Å². The first kappa shape index (κ1) is 12.8. The van der Waals surface area contributed by atoms with Crippen molar-refractivity contribution in [3.05, 3.63) is 27.7 Å². The van der Waals surface area contributed by atoms with Crippen LogP contribution in [0.25, 0.3) is 11.0 Å². The molecule has 20 heavy (non-hydrogen) atoms. The van der Waals surface area contributed by atoms with E-state index >= 15 is 0 Å². The van der Waals surface area contributed by atoms with Gasteiger partial charge in [0.2, 0.25) is 0 Å². The summed E-state index contributed by atoms with van der Waals surface area (Å²) in [5.74, 6) is -0.409. The first-order valence-corrected chi connectivity index (χ1v) is 7.75. The van der Waals surface area contributed by atoms with Crippen molar-refractivity contribution >= 4 is 34.9 Å². The van der Waals surface area contributed by atoms with Gasteiger partial charge in [0.1, 0.15) is 5.82 Å². The van der Waals surface area contributed by atoms with Gasteiger partial charge in [-0.1, -0.05) is 11.6 Å². The lowest BCUT2D eigenvalue weighted by molar-refractivity contribution is 0.314. The maximum atomic E-state index is 13.5. The number of nitrogens with one attached hydrogen (secondary N) is 1. The predicted octanol–water partition coefficient (Wildman–Crippen LogP) is 3.90. The number of H-pyrrole nitrogens is 1. The average molecular weight is 312 g/mol. The number of nitrogens with zero attached hydrogens (tertiary/aromatic N) is 2. The second-order valence-corrected chi connectivity index (χ2v) is 6.55. The van der Waals surface area contributed by atoms with Gasteiger partial charge in [0.15, 0.2) is 4.77 Å². The highest BCUT2D eigenvalue weighted by atomic mass is 35.5. The summed E-state index contributed by atoms with van der Waals surface area (Å²) in [7, 11) is 0. The zero-order chi connectivity index (χ0) is 13.9. The second-order valence-electron chi connectivity index (χ2n) is 5.75. The van der Waals surface area contributed by atoms with Gasteiger partial charge in [-0.25, -0.2) is 4.39 Å². The molecule has 1 aromatic carbocycles. The zero-order valence-corrected chi connectivity index (χ0v) is 12.5. The van der Waals surface area contributed by atoms with Gasteiger partial charge in [-0.05, 0) is 37.5 Å². The van der Waals surface area contributed by atoms with Crippen LogP contribution in [0.4, 0.5) is 4.39 Å². The summed E-state index contributed by atoms with van der Waals surface area (Å²) in [5.41, 5.74) is 1.63. The van der Waals surface area contributed by atoms with Crippen molar-refractivity contribution in [3.63, 3.8) is 0 Å². The number of imidazole rings is 1. The van der Waals surface area contributed by atoms with E-state index in [2.05, 4.69) is 14.5 Å². The van der Waals surface area contributed by atoms with Crippen LogP contribution in [-0.4, -0.2) is 33.6 Å². The lowest BCUT2D eigenvalue weighted by Crippen LogP contribution is -2.23. The standard InChI is InChI=1S/C14H15ClFN3S/c15-10-5-13-12(6-11(10)16)17-14(20)19(13)9-3-4-18(7-9)8-1-2-8/h5-6,8-9H,1-4,7H2,(H,17,20). The molecule has 0 bridgehead atoms. The summed E-state index contributed by atoms with van der Waals surface area (Å²) in [6.45, 7) is 2.15. The highest BCUT2D eigenvalue weighted by Gasteiger charge is 2.35. The fourth-order valence-corrected chi connectivity index (χ4v) is 3.75. The summed E-state index contributed by atoms with van der Waals surface area (Å²) < 4.78 is 16.3. The molecule has 1 saturated heterocycles. The molecular weight excluding hydrogens is 297 g/mol. The summed E-state index contributed by atoms with van der Waals surface area (Å²) in [6.07, 6.45) is 3.73. The Morgan fingerprint density at radius 2 is 2.05 bits per heavy atom. The molecule has 0 spiro atoms. The second kappa shape index (κ2) is 4.55. The van der Waals surface area contributed by atoms with E-state index in [0.29, 0.717) is 10.8 Å². The summed E-state index contributed by atoms with van der Waals surface area (Å²) in [4.78, 5) is 5.63. The molecule has 1 aliphatic heterocycles. The first-order chi connectivity index (χ1) is 9.63. The summed E-state index contributed by atoms with van der Waals surface area (Å²) in [5, 5.41) is 0.150. The van der Waals surface area contributed by atoms with Gasteiger partial charge in [0.05, 0.1) is 22.1 Å². The Kier molecular flexibility index (Phi) is 2.91. The maximum Gasteiger partial charge on any atom is 0.178 e. The van der Waals surface area contributed by atoms with Gasteiger partial charge in [-0.15, -0.1) is 0 Å². The van der Waals surface area contributed by atoms with Gasteiger partial charge in [-0.3, -0.25) is 4.90 Å². The van der Waals surface area contributed by atoms with Crippen LogP contribution in [0.5, 0.6) is 0 Å². The molecule has 1 aliphatic carbocycles. The number of hydrogen-bond acceptors (Lipinski definition) is 2. The summed E-state index contributed by atoms with van der Waals surface area (Å²) in [6, 6.07) is 4.24. The van der Waals surface area contributed by atoms with Crippen LogP contribution >= 0.6 is 23.8 Å². The quantitative estimate of drug-likeness (QED) is 0.850.